The Kier molecular flexibility index (Phi) is 9.13. The van der Waals surface area contributed by atoms with Gasteiger partial charge in [0, 0.05) is 38.2 Å². The van der Waals surface area contributed by atoms with Gasteiger partial charge >= 0.3 is 0 Å². The van der Waals surface area contributed by atoms with E-state index in [9.17, 15) is 9.59 Å². The van der Waals surface area contributed by atoms with Crippen molar-refractivity contribution in [2.24, 2.45) is 0 Å². The molecular weight excluding hydrogens is 490 g/mol. The summed E-state index contributed by atoms with van der Waals surface area (Å²) in [6, 6.07) is 9.76. The molecule has 0 bridgehead atoms. The number of carbonyl (C=O) groups excluding carboxylic acids is 2. The SMILES string of the molecule is CC[C@@H](C(=O)NC1CCCC1)N(Cc1c(Cl)cccc1Cl)C(=O)Cc1c(Cl)cccc1Cl. The molecule has 4 nitrogen and oxygen atoms in total. The Morgan fingerprint density at radius 3 is 1.94 bits per heavy atom. The number of amides is 2. The van der Waals surface area contributed by atoms with Gasteiger partial charge in [-0.2, -0.15) is 0 Å². The summed E-state index contributed by atoms with van der Waals surface area (Å²) in [5.74, 6) is -0.439. The van der Waals surface area contributed by atoms with Crippen molar-refractivity contribution in [1.82, 2.24) is 10.2 Å². The minimum Gasteiger partial charge on any atom is -0.352 e. The smallest absolute Gasteiger partial charge is 0.243 e. The summed E-state index contributed by atoms with van der Waals surface area (Å²) in [5.41, 5.74) is 1.13. The molecule has 1 aliphatic rings. The highest BCUT2D eigenvalue weighted by Crippen LogP contribution is 2.29. The quantitative estimate of drug-likeness (QED) is 0.424. The Labute approximate surface area is 209 Å². The number of benzene rings is 2. The lowest BCUT2D eigenvalue weighted by molar-refractivity contribution is -0.141. The predicted octanol–water partition coefficient (Wildman–Crippen LogP) is 6.71. The van der Waals surface area contributed by atoms with Crippen LogP contribution in [0.4, 0.5) is 0 Å². The fourth-order valence-corrected chi connectivity index (χ4v) is 5.14. The first kappa shape index (κ1) is 25.2. The van der Waals surface area contributed by atoms with Gasteiger partial charge in [0.2, 0.25) is 11.8 Å². The monoisotopic (exact) mass is 514 g/mol. The van der Waals surface area contributed by atoms with Crippen LogP contribution in [0.15, 0.2) is 36.4 Å². The average Bonchev–Trinajstić information content (AvgIpc) is 3.25. The third-order valence-corrected chi connectivity index (χ3v) is 7.28. The van der Waals surface area contributed by atoms with Gasteiger partial charge in [-0.05, 0) is 49.1 Å². The standard InChI is InChI=1S/C24H26Cl4N2O2/c1-2-22(24(32)29-15-7-3-4-8-15)30(14-17-20(27)11-6-12-21(17)28)23(31)13-16-18(25)9-5-10-19(16)26/h5-6,9-12,15,22H,2-4,7-8,13-14H2,1H3,(H,29,32)/t22-/m0/s1. The highest BCUT2D eigenvalue weighted by Gasteiger charge is 2.32. The number of halogens is 4. The summed E-state index contributed by atoms with van der Waals surface area (Å²) >= 11 is 25.4. The lowest BCUT2D eigenvalue weighted by atomic mass is 10.1. The second-order valence-electron chi connectivity index (χ2n) is 8.01. The molecule has 0 radical (unpaired) electrons. The average molecular weight is 516 g/mol. The van der Waals surface area contributed by atoms with E-state index in [0.717, 1.165) is 25.7 Å². The molecule has 32 heavy (non-hydrogen) atoms. The van der Waals surface area contributed by atoms with Crippen molar-refractivity contribution in [3.63, 3.8) is 0 Å². The van der Waals surface area contributed by atoms with Gasteiger partial charge in [-0.3, -0.25) is 9.59 Å². The van der Waals surface area contributed by atoms with Crippen molar-refractivity contribution >= 4 is 58.2 Å². The van der Waals surface area contributed by atoms with Crippen molar-refractivity contribution < 1.29 is 9.59 Å². The van der Waals surface area contributed by atoms with E-state index in [0.29, 0.717) is 37.6 Å². The molecule has 0 aliphatic heterocycles. The van der Waals surface area contributed by atoms with E-state index in [4.69, 9.17) is 46.4 Å². The first-order valence-electron chi connectivity index (χ1n) is 10.8. The minimum absolute atomic E-state index is 0.0339. The van der Waals surface area contributed by atoms with Crippen LogP contribution in [0.5, 0.6) is 0 Å². The van der Waals surface area contributed by atoms with Crippen molar-refractivity contribution in [1.29, 1.82) is 0 Å². The van der Waals surface area contributed by atoms with E-state index in [2.05, 4.69) is 5.32 Å². The third kappa shape index (κ3) is 6.11. The van der Waals surface area contributed by atoms with E-state index < -0.39 is 6.04 Å². The maximum atomic E-state index is 13.5. The molecule has 1 atom stereocenters. The number of carbonyl (C=O) groups is 2. The van der Waals surface area contributed by atoms with Gasteiger partial charge in [0.25, 0.3) is 0 Å². The molecule has 0 heterocycles. The Balaban J connectivity index is 1.91. The Bertz CT molecular complexity index is 936. The molecule has 0 saturated heterocycles. The van der Waals surface area contributed by atoms with E-state index in [1.165, 1.54) is 4.90 Å². The van der Waals surface area contributed by atoms with Crippen molar-refractivity contribution in [2.75, 3.05) is 0 Å². The molecule has 0 spiro atoms. The predicted molar refractivity (Wildman–Crippen MR) is 132 cm³/mol. The zero-order chi connectivity index (χ0) is 23.3. The summed E-state index contributed by atoms with van der Waals surface area (Å²) in [7, 11) is 0. The highest BCUT2D eigenvalue weighted by atomic mass is 35.5. The first-order valence-corrected chi connectivity index (χ1v) is 12.3. The van der Waals surface area contributed by atoms with Gasteiger partial charge in [0.1, 0.15) is 6.04 Å². The van der Waals surface area contributed by atoms with Crippen LogP contribution in [-0.4, -0.2) is 28.8 Å². The van der Waals surface area contributed by atoms with E-state index >= 15 is 0 Å². The minimum atomic E-state index is -0.670. The lowest BCUT2D eigenvalue weighted by Crippen LogP contribution is -2.51. The van der Waals surface area contributed by atoms with Gasteiger partial charge in [-0.25, -0.2) is 0 Å². The Morgan fingerprint density at radius 2 is 1.44 bits per heavy atom. The van der Waals surface area contributed by atoms with Crippen molar-refractivity contribution in [3.8, 4) is 0 Å². The van der Waals surface area contributed by atoms with Crippen molar-refractivity contribution in [3.05, 3.63) is 67.6 Å². The van der Waals surface area contributed by atoms with Crippen LogP contribution in [0.1, 0.15) is 50.2 Å². The topological polar surface area (TPSA) is 49.4 Å². The van der Waals surface area contributed by atoms with Gasteiger partial charge < -0.3 is 10.2 Å². The molecule has 2 aromatic carbocycles. The zero-order valence-corrected chi connectivity index (χ0v) is 20.9. The largest absolute Gasteiger partial charge is 0.352 e. The molecule has 0 aromatic heterocycles. The summed E-state index contributed by atoms with van der Waals surface area (Å²) < 4.78 is 0. The lowest BCUT2D eigenvalue weighted by Gasteiger charge is -2.32. The second kappa shape index (κ2) is 11.6. The number of nitrogens with one attached hydrogen (secondary N) is 1. The van der Waals surface area contributed by atoms with Crippen molar-refractivity contribution in [2.45, 2.75) is 64.1 Å². The fourth-order valence-electron chi connectivity index (χ4n) is 4.09. The second-order valence-corrected chi connectivity index (χ2v) is 9.64. The van der Waals surface area contributed by atoms with E-state index in [1.54, 1.807) is 36.4 Å². The number of hydrogen-bond donors (Lipinski definition) is 1. The molecule has 2 aromatic rings. The van der Waals surface area contributed by atoms with E-state index in [-0.39, 0.29) is 30.8 Å². The fraction of sp³-hybridized carbons (Fsp3) is 0.417. The van der Waals surface area contributed by atoms with Crippen LogP contribution in [0.25, 0.3) is 0 Å². The molecule has 0 unspecified atom stereocenters. The molecule has 1 aliphatic carbocycles. The maximum absolute atomic E-state index is 13.5. The Hall–Kier alpha value is -1.46. The van der Waals surface area contributed by atoms with Gasteiger partial charge in [0.05, 0.1) is 6.42 Å². The molecule has 3 rings (SSSR count). The van der Waals surface area contributed by atoms with Gasteiger partial charge in [0.15, 0.2) is 0 Å². The summed E-state index contributed by atoms with van der Waals surface area (Å²) in [5, 5.41) is 4.81. The number of rotatable bonds is 8. The Morgan fingerprint density at radius 1 is 0.938 bits per heavy atom. The molecule has 1 N–H and O–H groups in total. The molecule has 8 heteroatoms. The summed E-state index contributed by atoms with van der Waals surface area (Å²) in [4.78, 5) is 28.3. The number of hydrogen-bond acceptors (Lipinski definition) is 2. The van der Waals surface area contributed by atoms with Crippen LogP contribution >= 0.6 is 46.4 Å². The summed E-state index contributed by atoms with van der Waals surface area (Å²) in [6.07, 6.45) is 4.54. The van der Waals surface area contributed by atoms with Crippen LogP contribution < -0.4 is 5.32 Å². The first-order chi connectivity index (χ1) is 15.3. The van der Waals surface area contributed by atoms with E-state index in [1.807, 2.05) is 6.92 Å². The normalized spacial score (nSPS) is 14.9. The zero-order valence-electron chi connectivity index (χ0n) is 17.8. The number of nitrogens with zero attached hydrogens (tertiary/aromatic N) is 1. The van der Waals surface area contributed by atoms with Gasteiger partial charge in [-0.15, -0.1) is 0 Å². The molecule has 2 amide bonds. The highest BCUT2D eigenvalue weighted by molar-refractivity contribution is 6.36. The van der Waals surface area contributed by atoms with Crippen LogP contribution in [0, 0.1) is 0 Å². The molecule has 1 saturated carbocycles. The third-order valence-electron chi connectivity index (χ3n) is 5.87. The van der Waals surface area contributed by atoms with Gasteiger partial charge in [-0.1, -0.05) is 78.3 Å². The molecular formula is C24H26Cl4N2O2. The summed E-state index contributed by atoms with van der Waals surface area (Å²) in [6.45, 7) is 1.99. The van der Waals surface area contributed by atoms with Crippen LogP contribution in [-0.2, 0) is 22.6 Å². The van der Waals surface area contributed by atoms with Crippen LogP contribution in [0.3, 0.4) is 0 Å². The maximum Gasteiger partial charge on any atom is 0.243 e. The molecule has 1 fully saturated rings. The molecule has 172 valence electrons. The van der Waals surface area contributed by atoms with Crippen LogP contribution in [0.2, 0.25) is 20.1 Å².